The highest BCUT2D eigenvalue weighted by Gasteiger charge is 2.30. The topological polar surface area (TPSA) is 79.6 Å². The summed E-state index contributed by atoms with van der Waals surface area (Å²) in [5.41, 5.74) is 1.87. The summed E-state index contributed by atoms with van der Waals surface area (Å²) < 4.78 is 28.9. The zero-order chi connectivity index (χ0) is 18.0. The minimum absolute atomic E-state index is 0.0235. The Morgan fingerprint density at radius 3 is 2.80 bits per heavy atom. The van der Waals surface area contributed by atoms with Gasteiger partial charge in [-0.15, -0.1) is 0 Å². The van der Waals surface area contributed by atoms with Gasteiger partial charge in [-0.3, -0.25) is 4.79 Å². The van der Waals surface area contributed by atoms with E-state index in [0.29, 0.717) is 25.9 Å². The molecule has 1 atom stereocenters. The molecule has 3 rings (SSSR count). The lowest BCUT2D eigenvalue weighted by Crippen LogP contribution is -2.36. The van der Waals surface area contributed by atoms with Crippen molar-refractivity contribution in [3.05, 3.63) is 35.6 Å². The van der Waals surface area contributed by atoms with Crippen molar-refractivity contribution >= 4 is 26.7 Å². The molecule has 1 fully saturated rings. The molecule has 1 saturated heterocycles. The fraction of sp³-hybridized carbons (Fsp3) is 0.500. The molecule has 136 valence electrons. The van der Waals surface area contributed by atoms with Gasteiger partial charge < -0.3 is 14.6 Å². The monoisotopic (exact) mass is 364 g/mol. The minimum atomic E-state index is -2.90. The number of nitrogens with zero attached hydrogens (tertiary/aromatic N) is 1. The number of carbonyl (C=O) groups excluding carboxylic acids is 1. The van der Waals surface area contributed by atoms with E-state index in [1.54, 1.807) is 0 Å². The zero-order valence-corrected chi connectivity index (χ0v) is 15.4. The number of hydrogen-bond donors (Lipinski definition) is 1. The maximum absolute atomic E-state index is 12.1. The number of rotatable bonds is 6. The molecule has 1 N–H and O–H groups in total. The fourth-order valence-electron chi connectivity index (χ4n) is 3.24. The molecule has 6 nitrogen and oxygen atoms in total. The molecule has 1 aromatic heterocycles. The minimum Gasteiger partial charge on any atom is -0.459 e. The van der Waals surface area contributed by atoms with Gasteiger partial charge >= 0.3 is 0 Å². The second-order valence-corrected chi connectivity index (χ2v) is 8.94. The van der Waals surface area contributed by atoms with Gasteiger partial charge in [-0.25, -0.2) is 8.42 Å². The van der Waals surface area contributed by atoms with Crippen molar-refractivity contribution in [3.63, 3.8) is 0 Å². The summed E-state index contributed by atoms with van der Waals surface area (Å²) in [6.07, 6.45) is 0.991. The molecule has 1 amide bonds. The molecule has 2 heterocycles. The number of sulfone groups is 1. The van der Waals surface area contributed by atoms with Crippen LogP contribution in [0.5, 0.6) is 0 Å². The number of amides is 1. The van der Waals surface area contributed by atoms with Gasteiger partial charge in [0, 0.05) is 30.0 Å². The number of para-hydroxylation sites is 1. The van der Waals surface area contributed by atoms with E-state index in [0.717, 1.165) is 22.3 Å². The average Bonchev–Trinajstić information content (AvgIpc) is 3.11. The molecule has 0 aliphatic carbocycles. The molecule has 7 heteroatoms. The molecular weight excluding hydrogens is 340 g/mol. The van der Waals surface area contributed by atoms with E-state index in [2.05, 4.69) is 5.32 Å². The predicted molar refractivity (Wildman–Crippen MR) is 97.1 cm³/mol. The van der Waals surface area contributed by atoms with Gasteiger partial charge in [0.2, 0.25) is 5.91 Å². The van der Waals surface area contributed by atoms with Crippen molar-refractivity contribution in [2.75, 3.05) is 25.1 Å². The lowest BCUT2D eigenvalue weighted by Gasteiger charge is -2.22. The van der Waals surface area contributed by atoms with Crippen LogP contribution in [-0.4, -0.2) is 50.4 Å². The Bertz CT molecular complexity index is 872. The van der Waals surface area contributed by atoms with E-state index in [4.69, 9.17) is 4.42 Å². The van der Waals surface area contributed by atoms with Gasteiger partial charge in [0.15, 0.2) is 9.84 Å². The predicted octanol–water partition coefficient (Wildman–Crippen LogP) is 1.87. The molecule has 0 bridgehead atoms. The van der Waals surface area contributed by atoms with Crippen molar-refractivity contribution < 1.29 is 17.6 Å². The first-order chi connectivity index (χ1) is 11.9. The molecule has 2 aromatic rings. The van der Waals surface area contributed by atoms with Crippen LogP contribution in [0.1, 0.15) is 24.2 Å². The Balaban J connectivity index is 1.48. The SMILES string of the molecule is Cc1c(CNC(=O)CCN(C)[C@@H]2CCS(=O)(=O)C2)oc2ccccc12. The number of furan rings is 1. The number of hydrogen-bond acceptors (Lipinski definition) is 5. The summed E-state index contributed by atoms with van der Waals surface area (Å²) >= 11 is 0. The normalized spacial score (nSPS) is 19.6. The molecule has 25 heavy (non-hydrogen) atoms. The van der Waals surface area contributed by atoms with Crippen LogP contribution in [0.2, 0.25) is 0 Å². The molecule has 1 aliphatic heterocycles. The van der Waals surface area contributed by atoms with Crippen LogP contribution < -0.4 is 5.32 Å². The molecule has 1 aliphatic rings. The number of carbonyl (C=O) groups is 1. The van der Waals surface area contributed by atoms with Crippen LogP contribution in [-0.2, 0) is 21.2 Å². The first kappa shape index (κ1) is 17.9. The fourth-order valence-corrected chi connectivity index (χ4v) is 5.05. The van der Waals surface area contributed by atoms with E-state index in [-0.39, 0.29) is 23.5 Å². The zero-order valence-electron chi connectivity index (χ0n) is 14.6. The quantitative estimate of drug-likeness (QED) is 0.846. The Kier molecular flexibility index (Phi) is 5.15. The molecule has 0 unspecified atom stereocenters. The average molecular weight is 364 g/mol. The summed E-state index contributed by atoms with van der Waals surface area (Å²) in [4.78, 5) is 14.1. The van der Waals surface area contributed by atoms with E-state index >= 15 is 0 Å². The second-order valence-electron chi connectivity index (χ2n) is 6.71. The molecule has 0 spiro atoms. The third-order valence-corrected chi connectivity index (χ3v) is 6.66. The summed E-state index contributed by atoms with van der Waals surface area (Å²) in [7, 11) is -1.02. The first-order valence-electron chi connectivity index (χ1n) is 8.50. The Morgan fingerprint density at radius 2 is 2.12 bits per heavy atom. The van der Waals surface area contributed by atoms with E-state index in [9.17, 15) is 13.2 Å². The van der Waals surface area contributed by atoms with Crippen LogP contribution in [0.3, 0.4) is 0 Å². The van der Waals surface area contributed by atoms with Crippen molar-refractivity contribution in [2.24, 2.45) is 0 Å². The number of benzene rings is 1. The van der Waals surface area contributed by atoms with Crippen LogP contribution in [0.15, 0.2) is 28.7 Å². The second kappa shape index (κ2) is 7.17. The van der Waals surface area contributed by atoms with Crippen LogP contribution in [0.25, 0.3) is 11.0 Å². The molecular formula is C18H24N2O4S. The van der Waals surface area contributed by atoms with Crippen molar-refractivity contribution in [2.45, 2.75) is 32.4 Å². The van der Waals surface area contributed by atoms with Crippen molar-refractivity contribution in [1.29, 1.82) is 0 Å². The van der Waals surface area contributed by atoms with Gasteiger partial charge in [0.05, 0.1) is 18.1 Å². The lowest BCUT2D eigenvalue weighted by molar-refractivity contribution is -0.121. The third kappa shape index (κ3) is 4.22. The number of aryl methyl sites for hydroxylation is 1. The number of nitrogens with one attached hydrogen (secondary N) is 1. The van der Waals surface area contributed by atoms with Gasteiger partial charge in [-0.1, -0.05) is 18.2 Å². The summed E-state index contributed by atoms with van der Waals surface area (Å²) in [5.74, 6) is 1.15. The van der Waals surface area contributed by atoms with Crippen LogP contribution in [0, 0.1) is 6.92 Å². The number of fused-ring (bicyclic) bond motifs is 1. The lowest BCUT2D eigenvalue weighted by atomic mass is 10.1. The van der Waals surface area contributed by atoms with E-state index < -0.39 is 9.84 Å². The smallest absolute Gasteiger partial charge is 0.221 e. The van der Waals surface area contributed by atoms with Gasteiger partial charge in [-0.05, 0) is 26.5 Å². The third-order valence-electron chi connectivity index (χ3n) is 4.91. The van der Waals surface area contributed by atoms with E-state index in [1.807, 2.05) is 43.1 Å². The molecule has 1 aromatic carbocycles. The first-order valence-corrected chi connectivity index (χ1v) is 10.3. The van der Waals surface area contributed by atoms with Crippen molar-refractivity contribution in [3.8, 4) is 0 Å². The van der Waals surface area contributed by atoms with E-state index in [1.165, 1.54) is 0 Å². The standard InChI is InChI=1S/C18H24N2O4S/c1-13-15-5-3-4-6-16(15)24-17(13)11-19-18(21)7-9-20(2)14-8-10-25(22,23)12-14/h3-6,14H,7-12H2,1-2H3,(H,19,21)/t14-/m1/s1. The Hall–Kier alpha value is -1.86. The van der Waals surface area contributed by atoms with Crippen LogP contribution >= 0.6 is 0 Å². The van der Waals surface area contributed by atoms with Gasteiger partial charge in [0.1, 0.15) is 11.3 Å². The summed E-state index contributed by atoms with van der Waals surface area (Å²) in [6, 6.07) is 7.83. The Labute approximate surface area is 148 Å². The largest absolute Gasteiger partial charge is 0.459 e. The van der Waals surface area contributed by atoms with Crippen molar-refractivity contribution in [1.82, 2.24) is 10.2 Å². The highest BCUT2D eigenvalue weighted by atomic mass is 32.2. The van der Waals surface area contributed by atoms with Gasteiger partial charge in [0.25, 0.3) is 0 Å². The highest BCUT2D eigenvalue weighted by molar-refractivity contribution is 7.91. The maximum Gasteiger partial charge on any atom is 0.221 e. The molecule has 0 radical (unpaired) electrons. The summed E-state index contributed by atoms with van der Waals surface area (Å²) in [6.45, 7) is 2.90. The van der Waals surface area contributed by atoms with Gasteiger partial charge in [-0.2, -0.15) is 0 Å². The Morgan fingerprint density at radius 1 is 1.36 bits per heavy atom. The maximum atomic E-state index is 12.1. The summed E-state index contributed by atoms with van der Waals surface area (Å²) in [5, 5.41) is 3.95. The molecule has 0 saturated carbocycles. The highest BCUT2D eigenvalue weighted by Crippen LogP contribution is 2.24. The van der Waals surface area contributed by atoms with Crippen LogP contribution in [0.4, 0.5) is 0 Å².